The summed E-state index contributed by atoms with van der Waals surface area (Å²) in [4.78, 5) is 11.3. The first kappa shape index (κ1) is 14.4. The van der Waals surface area contributed by atoms with Gasteiger partial charge in [0.25, 0.3) is 0 Å². The summed E-state index contributed by atoms with van der Waals surface area (Å²) >= 11 is 0. The monoisotopic (exact) mass is 263 g/mol. The number of nitriles is 1. The van der Waals surface area contributed by atoms with E-state index in [0.717, 1.165) is 37.5 Å². The van der Waals surface area contributed by atoms with Crippen LogP contribution in [-0.4, -0.2) is 12.1 Å². The molecule has 0 aliphatic heterocycles. The predicted molar refractivity (Wildman–Crippen MR) is 73.2 cm³/mol. The molecule has 0 saturated heterocycles. The number of carbonyl (C=O) groups excluding carboxylic acids is 1. The minimum Gasteiger partial charge on any atom is -0.462 e. The summed E-state index contributed by atoms with van der Waals surface area (Å²) in [6.45, 7) is 1.85. The molecule has 19 heavy (non-hydrogen) atoms. The van der Waals surface area contributed by atoms with E-state index in [1.165, 1.54) is 25.7 Å². The normalized spacial score (nSPS) is 35.4. The number of hydrogen-bond donors (Lipinski definition) is 0. The predicted octanol–water partition coefficient (Wildman–Crippen LogP) is 3.83. The van der Waals surface area contributed by atoms with Crippen molar-refractivity contribution in [3.8, 4) is 6.07 Å². The number of rotatable bonds is 3. The molecule has 0 spiro atoms. The smallest absolute Gasteiger partial charge is 0.305 e. The maximum Gasteiger partial charge on any atom is 0.305 e. The lowest BCUT2D eigenvalue weighted by atomic mass is 9.71. The summed E-state index contributed by atoms with van der Waals surface area (Å²) in [7, 11) is 0. The van der Waals surface area contributed by atoms with Crippen molar-refractivity contribution >= 4 is 5.97 Å². The van der Waals surface area contributed by atoms with E-state index in [1.54, 1.807) is 0 Å². The van der Waals surface area contributed by atoms with E-state index in [2.05, 4.69) is 6.07 Å². The summed E-state index contributed by atoms with van der Waals surface area (Å²) in [5.74, 6) is 1.86. The molecule has 2 aliphatic rings. The van der Waals surface area contributed by atoms with Crippen molar-refractivity contribution in [3.63, 3.8) is 0 Å². The van der Waals surface area contributed by atoms with Crippen LogP contribution in [0.5, 0.6) is 0 Å². The Balaban J connectivity index is 1.72. The highest BCUT2D eigenvalue weighted by Crippen LogP contribution is 2.40. The van der Waals surface area contributed by atoms with E-state index in [9.17, 15) is 4.79 Å². The van der Waals surface area contributed by atoms with Crippen molar-refractivity contribution in [2.45, 2.75) is 70.8 Å². The summed E-state index contributed by atoms with van der Waals surface area (Å²) < 4.78 is 5.43. The van der Waals surface area contributed by atoms with Gasteiger partial charge in [0, 0.05) is 12.3 Å². The van der Waals surface area contributed by atoms with E-state index >= 15 is 0 Å². The van der Waals surface area contributed by atoms with Crippen LogP contribution in [-0.2, 0) is 9.53 Å². The molecular formula is C16H25NO2. The van der Waals surface area contributed by atoms with Crippen LogP contribution >= 0.6 is 0 Å². The van der Waals surface area contributed by atoms with E-state index in [4.69, 9.17) is 10.00 Å². The molecule has 0 aromatic carbocycles. The van der Waals surface area contributed by atoms with Crippen molar-refractivity contribution < 1.29 is 9.53 Å². The van der Waals surface area contributed by atoms with E-state index in [-0.39, 0.29) is 12.1 Å². The van der Waals surface area contributed by atoms with Crippen LogP contribution in [0.3, 0.4) is 0 Å². The van der Waals surface area contributed by atoms with Crippen LogP contribution in [0.1, 0.15) is 64.7 Å². The van der Waals surface area contributed by atoms with E-state index in [1.807, 2.05) is 6.92 Å². The summed E-state index contributed by atoms with van der Waals surface area (Å²) in [5.41, 5.74) is 0. The Kier molecular flexibility index (Phi) is 5.24. The highest BCUT2D eigenvalue weighted by molar-refractivity contribution is 5.69. The molecule has 0 amide bonds. The second-order valence-corrected chi connectivity index (χ2v) is 6.12. The van der Waals surface area contributed by atoms with Crippen LogP contribution in [0.15, 0.2) is 0 Å². The zero-order valence-corrected chi connectivity index (χ0v) is 11.9. The number of esters is 1. The number of ether oxygens (including phenoxy) is 1. The van der Waals surface area contributed by atoms with Crippen LogP contribution in [0.4, 0.5) is 0 Å². The second-order valence-electron chi connectivity index (χ2n) is 6.12. The quantitative estimate of drug-likeness (QED) is 0.727. The van der Waals surface area contributed by atoms with Gasteiger partial charge in [0.15, 0.2) is 0 Å². The molecule has 3 heteroatoms. The first-order valence-corrected chi connectivity index (χ1v) is 7.82. The third kappa shape index (κ3) is 3.96. The van der Waals surface area contributed by atoms with Gasteiger partial charge < -0.3 is 4.74 Å². The van der Waals surface area contributed by atoms with Gasteiger partial charge in [0.1, 0.15) is 6.10 Å². The molecule has 0 aromatic heterocycles. The SMILES string of the molecule is CCC(=O)OC1CCC(C2CCC(C#N)CC2)CC1. The molecule has 0 bridgehead atoms. The van der Waals surface area contributed by atoms with Crippen molar-refractivity contribution in [2.75, 3.05) is 0 Å². The lowest BCUT2D eigenvalue weighted by Crippen LogP contribution is -2.29. The molecule has 0 N–H and O–H groups in total. The topological polar surface area (TPSA) is 50.1 Å². The molecule has 0 atom stereocenters. The fourth-order valence-electron chi connectivity index (χ4n) is 3.67. The first-order chi connectivity index (χ1) is 9.22. The van der Waals surface area contributed by atoms with Gasteiger partial charge in [0.05, 0.1) is 6.07 Å². The van der Waals surface area contributed by atoms with Crippen LogP contribution in [0.2, 0.25) is 0 Å². The number of hydrogen-bond acceptors (Lipinski definition) is 3. The lowest BCUT2D eigenvalue weighted by molar-refractivity contribution is -0.150. The Morgan fingerprint density at radius 2 is 1.58 bits per heavy atom. The van der Waals surface area contributed by atoms with Crippen molar-refractivity contribution in [2.24, 2.45) is 17.8 Å². The minimum absolute atomic E-state index is 0.0574. The highest BCUT2D eigenvalue weighted by atomic mass is 16.5. The van der Waals surface area contributed by atoms with Gasteiger partial charge in [-0.15, -0.1) is 0 Å². The fourth-order valence-corrected chi connectivity index (χ4v) is 3.67. The molecule has 0 unspecified atom stereocenters. The number of nitrogens with zero attached hydrogens (tertiary/aromatic N) is 1. The molecule has 0 heterocycles. The molecule has 2 rings (SSSR count). The zero-order valence-electron chi connectivity index (χ0n) is 11.9. The largest absolute Gasteiger partial charge is 0.462 e. The average Bonchev–Trinajstić information content (AvgIpc) is 2.48. The van der Waals surface area contributed by atoms with Crippen molar-refractivity contribution in [3.05, 3.63) is 0 Å². The Hall–Kier alpha value is -1.04. The second kappa shape index (κ2) is 6.93. The van der Waals surface area contributed by atoms with Gasteiger partial charge >= 0.3 is 5.97 Å². The van der Waals surface area contributed by atoms with Crippen molar-refractivity contribution in [1.82, 2.24) is 0 Å². The molecule has 2 aliphatic carbocycles. The Morgan fingerprint density at radius 1 is 1.05 bits per heavy atom. The first-order valence-electron chi connectivity index (χ1n) is 7.82. The molecule has 0 aromatic rings. The van der Waals surface area contributed by atoms with Crippen LogP contribution < -0.4 is 0 Å². The standard InChI is InChI=1S/C16H25NO2/c1-2-16(18)19-15-9-7-14(8-10-15)13-5-3-12(11-17)4-6-13/h12-15H,2-10H2,1H3. The Bertz CT molecular complexity index is 331. The van der Waals surface area contributed by atoms with Crippen molar-refractivity contribution in [1.29, 1.82) is 5.26 Å². The third-order valence-corrected chi connectivity index (χ3v) is 4.93. The molecule has 2 fully saturated rings. The molecule has 2 saturated carbocycles. The van der Waals surface area contributed by atoms with E-state index in [0.29, 0.717) is 12.3 Å². The van der Waals surface area contributed by atoms with Gasteiger partial charge in [-0.25, -0.2) is 0 Å². The van der Waals surface area contributed by atoms with Gasteiger partial charge in [0.2, 0.25) is 0 Å². The van der Waals surface area contributed by atoms with Gasteiger partial charge in [-0.3, -0.25) is 4.79 Å². The van der Waals surface area contributed by atoms with E-state index < -0.39 is 0 Å². The minimum atomic E-state index is -0.0574. The fraction of sp³-hybridized carbons (Fsp3) is 0.875. The molecule has 0 radical (unpaired) electrons. The van der Waals surface area contributed by atoms with Gasteiger partial charge in [-0.2, -0.15) is 5.26 Å². The Labute approximate surface area is 116 Å². The summed E-state index contributed by atoms with van der Waals surface area (Å²) in [6.07, 6.45) is 9.75. The van der Waals surface area contributed by atoms with Gasteiger partial charge in [-0.05, 0) is 63.2 Å². The average molecular weight is 263 g/mol. The van der Waals surface area contributed by atoms with Gasteiger partial charge in [-0.1, -0.05) is 6.92 Å². The van der Waals surface area contributed by atoms with Crippen LogP contribution in [0.25, 0.3) is 0 Å². The lowest BCUT2D eigenvalue weighted by Gasteiger charge is -2.36. The maximum atomic E-state index is 11.3. The molecular weight excluding hydrogens is 238 g/mol. The van der Waals surface area contributed by atoms with Crippen LogP contribution in [0, 0.1) is 29.1 Å². The highest BCUT2D eigenvalue weighted by Gasteiger charge is 2.31. The molecule has 3 nitrogen and oxygen atoms in total. The zero-order chi connectivity index (χ0) is 13.7. The Morgan fingerprint density at radius 3 is 2.05 bits per heavy atom. The number of carbonyl (C=O) groups is 1. The maximum absolute atomic E-state index is 11.3. The summed E-state index contributed by atoms with van der Waals surface area (Å²) in [5, 5.41) is 8.93. The summed E-state index contributed by atoms with van der Waals surface area (Å²) in [6, 6.07) is 2.40. The molecule has 106 valence electrons. The third-order valence-electron chi connectivity index (χ3n) is 4.93.